The summed E-state index contributed by atoms with van der Waals surface area (Å²) >= 11 is 0. The van der Waals surface area contributed by atoms with Gasteiger partial charge < -0.3 is 9.64 Å². The number of pyridine rings is 1. The monoisotopic (exact) mass is 455 g/mol. The average Bonchev–Trinajstić information content (AvgIpc) is 2.80. The number of carbonyl (C=O) groups is 1. The van der Waals surface area contributed by atoms with Crippen molar-refractivity contribution in [2.24, 2.45) is 0 Å². The van der Waals surface area contributed by atoms with Crippen molar-refractivity contribution in [2.75, 3.05) is 18.4 Å². The van der Waals surface area contributed by atoms with E-state index in [1.54, 1.807) is 23.1 Å². The molecule has 1 N–H and O–H groups in total. The molecule has 7 nitrogen and oxygen atoms in total. The number of aromatic nitrogens is 3. The quantitative estimate of drug-likeness (QED) is 0.570. The number of hydrogen-bond donors (Lipinski definition) is 1. The molecule has 1 aliphatic heterocycles. The van der Waals surface area contributed by atoms with Crippen LogP contribution in [0.5, 0.6) is 11.6 Å². The molecule has 1 aliphatic rings. The average molecular weight is 455 g/mol. The molecule has 33 heavy (non-hydrogen) atoms. The van der Waals surface area contributed by atoms with E-state index in [0.717, 1.165) is 30.7 Å². The molecule has 1 saturated heterocycles. The molecule has 0 bridgehead atoms. The number of ether oxygens (including phenoxy) is 1. The lowest BCUT2D eigenvalue weighted by molar-refractivity contribution is -0.137. The predicted molar refractivity (Wildman–Crippen MR) is 116 cm³/mol. The summed E-state index contributed by atoms with van der Waals surface area (Å²) in [5.41, 5.74) is 1.25. The van der Waals surface area contributed by atoms with Crippen molar-refractivity contribution in [1.82, 2.24) is 19.9 Å². The Morgan fingerprint density at radius 2 is 1.88 bits per heavy atom. The number of hydrogen-bond acceptors (Lipinski definition) is 5. The van der Waals surface area contributed by atoms with Gasteiger partial charge in [0, 0.05) is 37.7 Å². The summed E-state index contributed by atoms with van der Waals surface area (Å²) in [5.74, 6) is 0.954. The highest BCUT2D eigenvalue weighted by Crippen LogP contribution is 2.30. The summed E-state index contributed by atoms with van der Waals surface area (Å²) in [6.45, 7) is 1.15. The standard InChI is InChI=1S/C23H20F3N5O2/c24-23(25,26)18-4-5-21(29-14-18)33-19-3-1-2-17(13-19)12-16-6-10-31(11-7-16)22(32)30-20-15-27-8-9-28-20/h1-5,8-9,12-15H,6-7,10-11H2,(H,28,30,32). The van der Waals surface area contributed by atoms with Crippen LogP contribution in [0.2, 0.25) is 0 Å². The first-order chi connectivity index (χ1) is 15.9. The molecule has 170 valence electrons. The molecule has 0 spiro atoms. The maximum Gasteiger partial charge on any atom is 0.417 e. The molecule has 4 rings (SSSR count). The van der Waals surface area contributed by atoms with Gasteiger partial charge in [0.1, 0.15) is 5.75 Å². The topological polar surface area (TPSA) is 80.2 Å². The normalized spacial score (nSPS) is 14.0. The summed E-state index contributed by atoms with van der Waals surface area (Å²) in [7, 11) is 0. The number of nitrogens with one attached hydrogen (secondary N) is 1. The van der Waals surface area contributed by atoms with Gasteiger partial charge in [0.25, 0.3) is 0 Å². The SMILES string of the molecule is O=C(Nc1cnccn1)N1CCC(=Cc2cccc(Oc3ccc(C(F)(F)F)cn3)c2)CC1. The van der Waals surface area contributed by atoms with Crippen LogP contribution in [0.15, 0.2) is 66.8 Å². The molecule has 1 fully saturated rings. The van der Waals surface area contributed by atoms with Crippen molar-refractivity contribution in [3.63, 3.8) is 0 Å². The van der Waals surface area contributed by atoms with Gasteiger partial charge in [0.2, 0.25) is 5.88 Å². The minimum atomic E-state index is -4.44. The van der Waals surface area contributed by atoms with Gasteiger partial charge >= 0.3 is 12.2 Å². The van der Waals surface area contributed by atoms with E-state index in [0.29, 0.717) is 24.7 Å². The maximum absolute atomic E-state index is 12.7. The Kier molecular flexibility index (Phi) is 6.53. The first-order valence-electron chi connectivity index (χ1n) is 10.2. The predicted octanol–water partition coefficient (Wildman–Crippen LogP) is 5.39. The lowest BCUT2D eigenvalue weighted by atomic mass is 10.0. The number of piperidine rings is 1. The third-order valence-corrected chi connectivity index (χ3v) is 5.01. The minimum Gasteiger partial charge on any atom is -0.439 e. The van der Waals surface area contributed by atoms with E-state index in [4.69, 9.17) is 4.74 Å². The number of amides is 2. The molecule has 10 heteroatoms. The Balaban J connectivity index is 1.34. The van der Waals surface area contributed by atoms with Crippen molar-refractivity contribution in [3.8, 4) is 11.6 Å². The van der Waals surface area contributed by atoms with Gasteiger partial charge in [-0.3, -0.25) is 10.3 Å². The van der Waals surface area contributed by atoms with Gasteiger partial charge in [0.05, 0.1) is 11.8 Å². The van der Waals surface area contributed by atoms with Crippen LogP contribution >= 0.6 is 0 Å². The fourth-order valence-corrected chi connectivity index (χ4v) is 3.33. The third kappa shape index (κ3) is 6.06. The van der Waals surface area contributed by atoms with E-state index in [2.05, 4.69) is 20.3 Å². The molecule has 0 saturated carbocycles. The molecule has 1 aromatic carbocycles. The highest BCUT2D eigenvalue weighted by molar-refractivity contribution is 5.88. The molecule has 2 aromatic heterocycles. The smallest absolute Gasteiger partial charge is 0.417 e. The molecule has 0 radical (unpaired) electrons. The Hall–Kier alpha value is -3.95. The maximum atomic E-state index is 12.7. The van der Waals surface area contributed by atoms with Gasteiger partial charge in [0.15, 0.2) is 5.82 Å². The summed E-state index contributed by atoms with van der Waals surface area (Å²) in [6, 6.07) is 9.12. The van der Waals surface area contributed by atoms with Crippen LogP contribution in [0.25, 0.3) is 6.08 Å². The number of carbonyl (C=O) groups excluding carboxylic acids is 1. The summed E-state index contributed by atoms with van der Waals surface area (Å²) < 4.78 is 43.6. The molecular weight excluding hydrogens is 435 g/mol. The molecule has 3 aromatic rings. The number of anilines is 1. The Bertz CT molecular complexity index is 1120. The van der Waals surface area contributed by atoms with Crippen LogP contribution in [0, 0.1) is 0 Å². The van der Waals surface area contributed by atoms with Crippen LogP contribution in [0.4, 0.5) is 23.8 Å². The molecule has 0 unspecified atom stereocenters. The third-order valence-electron chi connectivity index (χ3n) is 5.01. The molecule has 0 aliphatic carbocycles. The first kappa shape index (κ1) is 22.3. The van der Waals surface area contributed by atoms with Crippen LogP contribution in [-0.2, 0) is 6.18 Å². The minimum absolute atomic E-state index is 0.0789. The van der Waals surface area contributed by atoms with Crippen LogP contribution < -0.4 is 10.1 Å². The summed E-state index contributed by atoms with van der Waals surface area (Å²) in [4.78, 5) is 25.8. The Labute approximate surface area is 188 Å². The number of urea groups is 1. The number of halogens is 3. The van der Waals surface area contributed by atoms with Crippen molar-refractivity contribution in [2.45, 2.75) is 19.0 Å². The first-order valence-corrected chi connectivity index (χ1v) is 10.2. The number of benzene rings is 1. The van der Waals surface area contributed by atoms with E-state index < -0.39 is 11.7 Å². The second-order valence-corrected chi connectivity index (χ2v) is 7.37. The summed E-state index contributed by atoms with van der Waals surface area (Å²) in [6.07, 6.45) is 4.32. The van der Waals surface area contributed by atoms with E-state index >= 15 is 0 Å². The molecular formula is C23H20F3N5O2. The van der Waals surface area contributed by atoms with Crippen LogP contribution in [0.1, 0.15) is 24.0 Å². The van der Waals surface area contributed by atoms with Gasteiger partial charge in [-0.25, -0.2) is 14.8 Å². The highest BCUT2D eigenvalue weighted by Gasteiger charge is 2.30. The van der Waals surface area contributed by atoms with Crippen molar-refractivity contribution < 1.29 is 22.7 Å². The molecule has 3 heterocycles. The van der Waals surface area contributed by atoms with E-state index in [1.165, 1.54) is 30.2 Å². The molecule has 2 amide bonds. The lowest BCUT2D eigenvalue weighted by Gasteiger charge is -2.28. The second-order valence-electron chi connectivity index (χ2n) is 7.37. The van der Waals surface area contributed by atoms with Crippen LogP contribution in [0.3, 0.4) is 0 Å². The van der Waals surface area contributed by atoms with Gasteiger partial charge in [-0.05, 0) is 36.6 Å². The number of rotatable bonds is 4. The second kappa shape index (κ2) is 9.68. The van der Waals surface area contributed by atoms with Crippen molar-refractivity contribution in [1.29, 1.82) is 0 Å². The fraction of sp³-hybridized carbons (Fsp3) is 0.217. The lowest BCUT2D eigenvalue weighted by Crippen LogP contribution is -2.39. The van der Waals surface area contributed by atoms with E-state index in [9.17, 15) is 18.0 Å². The Morgan fingerprint density at radius 1 is 1.06 bits per heavy atom. The van der Waals surface area contributed by atoms with E-state index in [1.807, 2.05) is 12.1 Å². The zero-order valence-corrected chi connectivity index (χ0v) is 17.4. The van der Waals surface area contributed by atoms with Crippen LogP contribution in [-0.4, -0.2) is 39.0 Å². The van der Waals surface area contributed by atoms with Gasteiger partial charge in [-0.2, -0.15) is 13.2 Å². The van der Waals surface area contributed by atoms with Crippen molar-refractivity contribution >= 4 is 17.9 Å². The van der Waals surface area contributed by atoms with Crippen molar-refractivity contribution in [3.05, 3.63) is 77.9 Å². The molecule has 0 atom stereocenters. The van der Waals surface area contributed by atoms with E-state index in [-0.39, 0.29) is 11.9 Å². The van der Waals surface area contributed by atoms with Gasteiger partial charge in [-0.15, -0.1) is 0 Å². The fourth-order valence-electron chi connectivity index (χ4n) is 3.33. The zero-order valence-electron chi connectivity index (χ0n) is 17.4. The largest absolute Gasteiger partial charge is 0.439 e. The Morgan fingerprint density at radius 3 is 2.55 bits per heavy atom. The number of alkyl halides is 3. The summed E-state index contributed by atoms with van der Waals surface area (Å²) in [5, 5.41) is 2.73. The zero-order chi connectivity index (χ0) is 23.3. The number of nitrogens with zero attached hydrogens (tertiary/aromatic N) is 4. The highest BCUT2D eigenvalue weighted by atomic mass is 19.4. The number of likely N-dealkylation sites (tertiary alicyclic amines) is 1. The van der Waals surface area contributed by atoms with Gasteiger partial charge in [-0.1, -0.05) is 23.8 Å².